The highest BCUT2D eigenvalue weighted by molar-refractivity contribution is 5.76. The summed E-state index contributed by atoms with van der Waals surface area (Å²) in [6.45, 7) is 8.18. The summed E-state index contributed by atoms with van der Waals surface area (Å²) >= 11 is 0. The van der Waals surface area contributed by atoms with Crippen LogP contribution in [-0.4, -0.2) is 59.7 Å². The van der Waals surface area contributed by atoms with Crippen molar-refractivity contribution in [3.05, 3.63) is 65.5 Å². The van der Waals surface area contributed by atoms with Gasteiger partial charge in [0.1, 0.15) is 11.6 Å². The van der Waals surface area contributed by atoms with Crippen LogP contribution in [0.5, 0.6) is 5.75 Å². The lowest BCUT2D eigenvalue weighted by Crippen LogP contribution is -2.32. The zero-order valence-electron chi connectivity index (χ0n) is 22.7. The van der Waals surface area contributed by atoms with Gasteiger partial charge in [-0.15, -0.1) is 0 Å². The fourth-order valence-corrected chi connectivity index (χ4v) is 4.05. The van der Waals surface area contributed by atoms with Crippen LogP contribution >= 0.6 is 0 Å². The number of nitrogens with zero attached hydrogens (tertiary/aromatic N) is 2. The van der Waals surface area contributed by atoms with Gasteiger partial charge >= 0.3 is 12.1 Å². The van der Waals surface area contributed by atoms with Gasteiger partial charge < -0.3 is 19.6 Å². The first kappa shape index (κ1) is 32.1. The predicted octanol–water partition coefficient (Wildman–Crippen LogP) is 6.14. The molecule has 1 fully saturated rings. The van der Waals surface area contributed by atoms with Gasteiger partial charge in [-0.3, -0.25) is 4.79 Å². The zero-order chi connectivity index (χ0) is 29.0. The Kier molecular flexibility index (Phi) is 12.7. The number of benzene rings is 2. The van der Waals surface area contributed by atoms with E-state index >= 15 is 0 Å². The second-order valence-electron chi connectivity index (χ2n) is 10.3. The molecular formula is C29H38F4N2O4. The lowest BCUT2D eigenvalue weighted by atomic mass is 9.92. The molecule has 1 N–H and O–H groups in total. The number of hydrogen-bond acceptors (Lipinski definition) is 4. The summed E-state index contributed by atoms with van der Waals surface area (Å²) in [7, 11) is 2.16. The minimum atomic E-state index is -5.08. The topological polar surface area (TPSA) is 70.1 Å². The molecule has 1 aliphatic rings. The second kappa shape index (κ2) is 15.5. The van der Waals surface area contributed by atoms with Crippen LogP contribution in [0.1, 0.15) is 50.7 Å². The Labute approximate surface area is 227 Å². The van der Waals surface area contributed by atoms with Crippen molar-refractivity contribution in [1.82, 2.24) is 9.80 Å². The number of amides is 1. The average molecular weight is 555 g/mol. The first-order chi connectivity index (χ1) is 18.3. The Morgan fingerprint density at radius 3 is 1.95 bits per heavy atom. The van der Waals surface area contributed by atoms with Crippen molar-refractivity contribution in [2.45, 2.75) is 58.8 Å². The van der Waals surface area contributed by atoms with Crippen LogP contribution in [0.25, 0.3) is 0 Å². The van der Waals surface area contributed by atoms with Crippen LogP contribution in [0.2, 0.25) is 0 Å². The van der Waals surface area contributed by atoms with E-state index < -0.39 is 12.1 Å². The van der Waals surface area contributed by atoms with Crippen LogP contribution in [0.4, 0.5) is 17.6 Å². The molecule has 216 valence electrons. The van der Waals surface area contributed by atoms with Crippen molar-refractivity contribution in [3.63, 3.8) is 0 Å². The molecule has 1 saturated heterocycles. The third-order valence-corrected chi connectivity index (χ3v) is 6.37. The van der Waals surface area contributed by atoms with Gasteiger partial charge in [-0.1, -0.05) is 38.1 Å². The summed E-state index contributed by atoms with van der Waals surface area (Å²) in [5, 5.41) is 7.12. The summed E-state index contributed by atoms with van der Waals surface area (Å²) < 4.78 is 50.8. The van der Waals surface area contributed by atoms with Crippen LogP contribution in [-0.2, 0) is 22.7 Å². The highest BCUT2D eigenvalue weighted by Crippen LogP contribution is 2.23. The molecule has 1 aliphatic heterocycles. The lowest BCUT2D eigenvalue weighted by Gasteiger charge is -2.29. The van der Waals surface area contributed by atoms with Gasteiger partial charge in [0.15, 0.2) is 0 Å². The third-order valence-electron chi connectivity index (χ3n) is 6.37. The largest absolute Gasteiger partial charge is 0.493 e. The number of piperidine rings is 1. The van der Waals surface area contributed by atoms with Crippen molar-refractivity contribution in [3.8, 4) is 5.75 Å². The molecule has 2 aromatic rings. The molecule has 1 heterocycles. The molecule has 1 amide bonds. The number of likely N-dealkylation sites (tertiary alicyclic amines) is 1. The van der Waals surface area contributed by atoms with Crippen LogP contribution < -0.4 is 4.74 Å². The number of alkyl halides is 3. The van der Waals surface area contributed by atoms with Gasteiger partial charge in [-0.2, -0.15) is 13.2 Å². The minimum absolute atomic E-state index is 0.161. The van der Waals surface area contributed by atoms with Crippen molar-refractivity contribution in [2.24, 2.45) is 11.8 Å². The molecule has 39 heavy (non-hydrogen) atoms. The normalized spacial score (nSPS) is 14.5. The van der Waals surface area contributed by atoms with Gasteiger partial charge in [0, 0.05) is 19.5 Å². The van der Waals surface area contributed by atoms with Crippen LogP contribution in [0, 0.1) is 17.7 Å². The molecule has 6 nitrogen and oxygen atoms in total. The van der Waals surface area contributed by atoms with Gasteiger partial charge in [0.2, 0.25) is 5.91 Å². The Morgan fingerprint density at radius 2 is 1.49 bits per heavy atom. The van der Waals surface area contributed by atoms with Crippen molar-refractivity contribution < 1.29 is 37.0 Å². The van der Waals surface area contributed by atoms with Gasteiger partial charge in [-0.25, -0.2) is 9.18 Å². The Balaban J connectivity index is 0.000000673. The minimum Gasteiger partial charge on any atom is -0.493 e. The fraction of sp³-hybridized carbons (Fsp3) is 0.517. The highest BCUT2D eigenvalue weighted by Gasteiger charge is 2.38. The van der Waals surface area contributed by atoms with Crippen LogP contribution in [0.3, 0.4) is 0 Å². The standard InChI is InChI=1S/C27H37FN2O2.C2HF3O2/c1-21(2)20-32-26-11-6-24(7-12-26)19-30(18-23-4-9-25(28)10-5-23)27(31)13-8-22-14-16-29(3)17-15-22;3-2(4,5)1(6)7/h4-7,9-12,21-22H,8,13-20H2,1-3H3;(H,6,7). The maximum absolute atomic E-state index is 13.3. The summed E-state index contributed by atoms with van der Waals surface area (Å²) in [4.78, 5) is 26.3. The highest BCUT2D eigenvalue weighted by atomic mass is 19.4. The van der Waals surface area contributed by atoms with E-state index in [4.69, 9.17) is 14.6 Å². The van der Waals surface area contributed by atoms with E-state index in [2.05, 4.69) is 25.8 Å². The number of rotatable bonds is 10. The van der Waals surface area contributed by atoms with Crippen molar-refractivity contribution in [2.75, 3.05) is 26.7 Å². The molecule has 0 saturated carbocycles. The summed E-state index contributed by atoms with van der Waals surface area (Å²) in [5.74, 6) is -0.906. The molecule has 2 aromatic carbocycles. The molecule has 0 unspecified atom stereocenters. The Hall–Kier alpha value is -3.14. The maximum atomic E-state index is 13.3. The van der Waals surface area contributed by atoms with E-state index in [9.17, 15) is 22.4 Å². The van der Waals surface area contributed by atoms with E-state index in [0.29, 0.717) is 38.0 Å². The number of carboxylic acid groups (broad SMARTS) is 1. The molecule has 0 aromatic heterocycles. The lowest BCUT2D eigenvalue weighted by molar-refractivity contribution is -0.192. The number of aliphatic carboxylic acids is 1. The summed E-state index contributed by atoms with van der Waals surface area (Å²) in [6.07, 6.45) is -1.25. The number of carbonyl (C=O) groups is 2. The molecular weight excluding hydrogens is 516 g/mol. The number of ether oxygens (including phenoxy) is 1. The molecule has 3 rings (SSSR count). The molecule has 0 bridgehead atoms. The van der Waals surface area contributed by atoms with Gasteiger partial charge in [0.05, 0.1) is 6.61 Å². The summed E-state index contributed by atoms with van der Waals surface area (Å²) in [6, 6.07) is 14.4. The zero-order valence-corrected chi connectivity index (χ0v) is 22.7. The van der Waals surface area contributed by atoms with E-state index in [0.717, 1.165) is 36.4 Å². The van der Waals surface area contributed by atoms with E-state index in [-0.39, 0.29) is 11.7 Å². The Bertz CT molecular complexity index is 1020. The first-order valence-electron chi connectivity index (χ1n) is 13.1. The maximum Gasteiger partial charge on any atom is 0.490 e. The molecule has 0 aliphatic carbocycles. The summed E-state index contributed by atoms with van der Waals surface area (Å²) in [5.41, 5.74) is 2.01. The SMILES string of the molecule is CC(C)COc1ccc(CN(Cc2ccc(F)cc2)C(=O)CCC2CCN(C)CC2)cc1.O=C(O)C(F)(F)F. The molecule has 0 spiro atoms. The Morgan fingerprint density at radius 1 is 1.00 bits per heavy atom. The van der Waals surface area contributed by atoms with E-state index in [1.54, 1.807) is 12.1 Å². The number of hydrogen-bond donors (Lipinski definition) is 1. The van der Waals surface area contributed by atoms with Gasteiger partial charge in [0.25, 0.3) is 0 Å². The second-order valence-corrected chi connectivity index (χ2v) is 10.3. The van der Waals surface area contributed by atoms with E-state index in [1.807, 2.05) is 29.2 Å². The third kappa shape index (κ3) is 12.5. The molecule has 0 radical (unpaired) electrons. The van der Waals surface area contributed by atoms with Crippen LogP contribution in [0.15, 0.2) is 48.5 Å². The van der Waals surface area contributed by atoms with Gasteiger partial charge in [-0.05, 0) is 86.6 Å². The quantitative estimate of drug-likeness (QED) is 0.357. The predicted molar refractivity (Wildman–Crippen MR) is 141 cm³/mol. The fourth-order valence-electron chi connectivity index (χ4n) is 4.05. The number of carboxylic acids is 1. The van der Waals surface area contributed by atoms with Crippen molar-refractivity contribution >= 4 is 11.9 Å². The van der Waals surface area contributed by atoms with E-state index in [1.165, 1.54) is 25.0 Å². The monoisotopic (exact) mass is 554 g/mol. The number of carbonyl (C=O) groups excluding carboxylic acids is 1. The number of halogens is 4. The molecule has 10 heteroatoms. The van der Waals surface area contributed by atoms with Crippen molar-refractivity contribution in [1.29, 1.82) is 0 Å². The molecule has 0 atom stereocenters. The first-order valence-corrected chi connectivity index (χ1v) is 13.1. The smallest absolute Gasteiger partial charge is 0.490 e. The average Bonchev–Trinajstić information content (AvgIpc) is 2.88.